The highest BCUT2D eigenvalue weighted by atomic mass is 16.6. The lowest BCUT2D eigenvalue weighted by Gasteiger charge is -2.44. The van der Waals surface area contributed by atoms with Crippen LogP contribution in [0.25, 0.3) is 0 Å². The summed E-state index contributed by atoms with van der Waals surface area (Å²) in [6.07, 6.45) is 1.14. The van der Waals surface area contributed by atoms with E-state index in [9.17, 15) is 54.3 Å². The Hall–Kier alpha value is -3.26. The van der Waals surface area contributed by atoms with Crippen LogP contribution in [0.4, 0.5) is 0 Å². The van der Waals surface area contributed by atoms with E-state index in [2.05, 4.69) is 0 Å². The van der Waals surface area contributed by atoms with E-state index in [0.29, 0.717) is 38.5 Å². The van der Waals surface area contributed by atoms with Gasteiger partial charge >= 0.3 is 35.8 Å². The fraction of sp³-hybridized carbons (Fsp3) is 0.800. The maximum Gasteiger partial charge on any atom is 0.339 e. The molecule has 0 heterocycles. The summed E-state index contributed by atoms with van der Waals surface area (Å²) in [6, 6.07) is 0. The van der Waals surface area contributed by atoms with Gasteiger partial charge in [0.25, 0.3) is 0 Å². The summed E-state index contributed by atoms with van der Waals surface area (Å²) in [5.74, 6) is -8.98. The van der Waals surface area contributed by atoms with Gasteiger partial charge in [0.1, 0.15) is 5.41 Å². The highest BCUT2D eigenvalue weighted by molar-refractivity contribution is 5.93. The second-order valence-corrected chi connectivity index (χ2v) is 10.6. The van der Waals surface area contributed by atoms with E-state index in [-0.39, 0.29) is 39.1 Å². The first-order chi connectivity index (χ1) is 20.5. The molecule has 14 nitrogen and oxygen atoms in total. The monoisotopic (exact) mass is 636 g/mol. The molecule has 0 aromatic carbocycles. The van der Waals surface area contributed by atoms with E-state index >= 15 is 0 Å². The van der Waals surface area contributed by atoms with Crippen molar-refractivity contribution >= 4 is 35.8 Å². The predicted octanol–water partition coefficient (Wildman–Crippen LogP) is 3.33. The van der Waals surface area contributed by atoms with E-state index < -0.39 is 71.2 Å². The number of hydrogen-bond acceptors (Lipinski definition) is 11. The Morgan fingerprint density at radius 3 is 1.30 bits per heavy atom. The summed E-state index contributed by atoms with van der Waals surface area (Å²) >= 11 is 0. The quantitative estimate of drug-likeness (QED) is 0.0847. The molecular formula is C30H52O14. The molecule has 256 valence electrons. The number of carboxylic acids is 3. The topological polar surface area (TPSA) is 231 Å². The number of hydrogen-bond donors (Lipinski definition) is 5. The Kier molecular flexibility index (Phi) is 20.9. The molecule has 0 rings (SSSR count). The molecule has 0 fully saturated rings. The number of aliphatic carboxylic acids is 3. The van der Waals surface area contributed by atoms with Crippen molar-refractivity contribution in [1.82, 2.24) is 0 Å². The van der Waals surface area contributed by atoms with Gasteiger partial charge in [-0.3, -0.25) is 19.2 Å². The molecule has 2 unspecified atom stereocenters. The van der Waals surface area contributed by atoms with E-state index in [1.807, 2.05) is 13.8 Å². The van der Waals surface area contributed by atoms with Gasteiger partial charge in [0.2, 0.25) is 0 Å². The van der Waals surface area contributed by atoms with E-state index in [1.165, 1.54) is 0 Å². The van der Waals surface area contributed by atoms with Crippen LogP contribution in [0.15, 0.2) is 0 Å². The number of carboxylic acid groups (broad SMARTS) is 3. The number of esters is 3. The van der Waals surface area contributed by atoms with E-state index in [1.54, 1.807) is 27.7 Å². The lowest BCUT2D eigenvalue weighted by molar-refractivity contribution is -0.207. The Morgan fingerprint density at radius 2 is 1.00 bits per heavy atom. The lowest BCUT2D eigenvalue weighted by atomic mass is 9.60. The third-order valence-electron chi connectivity index (χ3n) is 6.82. The largest absolute Gasteiger partial charge is 0.481 e. The number of aliphatic hydroxyl groups is 2. The first kappa shape index (κ1) is 42.9. The zero-order chi connectivity index (χ0) is 34.6. The Labute approximate surface area is 259 Å². The Morgan fingerprint density at radius 1 is 0.591 bits per heavy atom. The molecule has 0 aromatic heterocycles. The second-order valence-electron chi connectivity index (χ2n) is 10.6. The molecular weight excluding hydrogens is 584 g/mol. The van der Waals surface area contributed by atoms with Crippen LogP contribution in [0.2, 0.25) is 0 Å². The molecule has 0 spiro atoms. The van der Waals surface area contributed by atoms with E-state index in [4.69, 9.17) is 14.2 Å². The van der Waals surface area contributed by atoms with Crippen LogP contribution in [0, 0.1) is 11.3 Å². The van der Waals surface area contributed by atoms with Gasteiger partial charge in [-0.2, -0.15) is 0 Å². The van der Waals surface area contributed by atoms with Crippen molar-refractivity contribution in [1.29, 1.82) is 0 Å². The minimum Gasteiger partial charge on any atom is -0.481 e. The number of carbonyl (C=O) groups excluding carboxylic acids is 3. The molecule has 14 heteroatoms. The molecule has 0 aromatic rings. The molecule has 0 saturated heterocycles. The van der Waals surface area contributed by atoms with Gasteiger partial charge in [0.15, 0.2) is 11.2 Å². The summed E-state index contributed by atoms with van der Waals surface area (Å²) in [5.41, 5.74) is -7.14. The van der Waals surface area contributed by atoms with E-state index in [0.717, 1.165) is 0 Å². The first-order valence-corrected chi connectivity index (χ1v) is 15.2. The molecule has 0 bridgehead atoms. The zero-order valence-electron chi connectivity index (χ0n) is 26.9. The highest BCUT2D eigenvalue weighted by Gasteiger charge is 2.65. The van der Waals surface area contributed by atoms with Gasteiger partial charge in [-0.15, -0.1) is 0 Å². The van der Waals surface area contributed by atoms with Crippen LogP contribution in [0.3, 0.4) is 0 Å². The van der Waals surface area contributed by atoms with Crippen molar-refractivity contribution in [3.05, 3.63) is 0 Å². The first-order valence-electron chi connectivity index (χ1n) is 15.2. The van der Waals surface area contributed by atoms with Gasteiger partial charge in [0, 0.05) is 0 Å². The SMILES string of the molecule is CCCC(C(=O)O)C(O)(C(=O)O)C(CCC)(CCC)C(=O)O.CCCOC(=O)CC(O)(CC(=O)OCCC)C(=O)OCCC. The summed E-state index contributed by atoms with van der Waals surface area (Å²) in [4.78, 5) is 70.4. The fourth-order valence-corrected chi connectivity index (χ4v) is 4.77. The second kappa shape index (κ2) is 21.4. The van der Waals surface area contributed by atoms with Gasteiger partial charge < -0.3 is 39.7 Å². The third kappa shape index (κ3) is 12.4. The smallest absolute Gasteiger partial charge is 0.339 e. The van der Waals surface area contributed by atoms with Crippen LogP contribution >= 0.6 is 0 Å². The van der Waals surface area contributed by atoms with Crippen molar-refractivity contribution in [3.8, 4) is 0 Å². The van der Waals surface area contributed by atoms with Gasteiger partial charge in [-0.25, -0.2) is 9.59 Å². The molecule has 0 aliphatic heterocycles. The van der Waals surface area contributed by atoms with Crippen LogP contribution < -0.4 is 0 Å². The summed E-state index contributed by atoms with van der Waals surface area (Å²) in [7, 11) is 0. The Balaban J connectivity index is 0. The highest BCUT2D eigenvalue weighted by Crippen LogP contribution is 2.47. The van der Waals surface area contributed by atoms with Crippen LogP contribution in [0.5, 0.6) is 0 Å². The molecule has 0 aliphatic rings. The van der Waals surface area contributed by atoms with Crippen molar-refractivity contribution in [2.45, 2.75) is 123 Å². The van der Waals surface area contributed by atoms with Crippen LogP contribution in [-0.2, 0) is 43.0 Å². The van der Waals surface area contributed by atoms with Gasteiger partial charge in [0.05, 0.1) is 38.6 Å². The average Bonchev–Trinajstić information content (AvgIpc) is 2.95. The fourth-order valence-electron chi connectivity index (χ4n) is 4.77. The maximum atomic E-state index is 12.0. The molecule has 0 saturated carbocycles. The summed E-state index contributed by atoms with van der Waals surface area (Å²) in [5, 5.41) is 49.7. The van der Waals surface area contributed by atoms with Gasteiger partial charge in [-0.1, -0.05) is 60.8 Å². The molecule has 0 amide bonds. The number of rotatable bonds is 22. The average molecular weight is 637 g/mol. The molecule has 5 N–H and O–H groups in total. The number of carbonyl (C=O) groups is 6. The number of ether oxygens (including phenoxy) is 3. The van der Waals surface area contributed by atoms with Crippen molar-refractivity contribution in [2.75, 3.05) is 19.8 Å². The van der Waals surface area contributed by atoms with Crippen molar-refractivity contribution in [2.24, 2.45) is 11.3 Å². The normalized spacial score (nSPS) is 13.4. The molecule has 0 radical (unpaired) electrons. The minimum absolute atomic E-state index is 0.0924. The Bertz CT molecular complexity index is 903. The van der Waals surface area contributed by atoms with Crippen molar-refractivity contribution in [3.63, 3.8) is 0 Å². The third-order valence-corrected chi connectivity index (χ3v) is 6.82. The molecule has 2 atom stereocenters. The van der Waals surface area contributed by atoms with Crippen LogP contribution in [-0.4, -0.2) is 92.4 Å². The lowest BCUT2D eigenvalue weighted by Crippen LogP contribution is -2.64. The molecule has 44 heavy (non-hydrogen) atoms. The minimum atomic E-state index is -2.85. The zero-order valence-corrected chi connectivity index (χ0v) is 26.9. The van der Waals surface area contributed by atoms with Crippen molar-refractivity contribution < 1.29 is 68.5 Å². The molecule has 0 aliphatic carbocycles. The predicted molar refractivity (Wildman–Crippen MR) is 156 cm³/mol. The standard InChI is InChI=1S/2C15H26O7/c1-4-7-20-12(16)10-15(19,14(18)22-9-6-3)11-13(17)21-8-5-2;1-4-7-10(11(16)17)15(22,13(20)21)14(8-5-2,9-6-3)12(18)19/h19H,4-11H2,1-3H3;10,22H,4-9H2,1-3H3,(H,16,17)(H,18,19)(H,20,21). The van der Waals surface area contributed by atoms with Gasteiger partial charge in [-0.05, 0) is 38.5 Å². The maximum absolute atomic E-state index is 12.0. The summed E-state index contributed by atoms with van der Waals surface area (Å²) in [6.45, 7) is 10.9. The van der Waals surface area contributed by atoms with Crippen LogP contribution in [0.1, 0.15) is 112 Å². The summed E-state index contributed by atoms with van der Waals surface area (Å²) < 4.78 is 14.6.